The topological polar surface area (TPSA) is 127 Å². The molecule has 0 atom stereocenters. The van der Waals surface area contributed by atoms with Crippen LogP contribution in [0, 0.1) is 6.92 Å². The van der Waals surface area contributed by atoms with Crippen LogP contribution >= 0.6 is 11.3 Å². The number of aromatic nitrogens is 6. The first-order valence-electron chi connectivity index (χ1n) is 8.25. The molecule has 4 aromatic rings. The Bertz CT molecular complexity index is 1130. The highest BCUT2D eigenvalue weighted by molar-refractivity contribution is 7.10. The molecule has 0 aliphatic heterocycles. The van der Waals surface area contributed by atoms with E-state index in [-0.39, 0.29) is 11.5 Å². The van der Waals surface area contributed by atoms with Crippen molar-refractivity contribution in [3.05, 3.63) is 46.2 Å². The maximum atomic E-state index is 12.9. The van der Waals surface area contributed by atoms with E-state index in [2.05, 4.69) is 30.6 Å². The number of carbonyl (C=O) groups is 1. The molecule has 0 aliphatic rings. The molecule has 9 nitrogen and oxygen atoms in total. The number of rotatable bonds is 4. The van der Waals surface area contributed by atoms with E-state index in [4.69, 9.17) is 5.73 Å². The van der Waals surface area contributed by atoms with E-state index in [1.165, 1.54) is 6.33 Å². The van der Waals surface area contributed by atoms with Crippen molar-refractivity contribution < 1.29 is 4.79 Å². The maximum Gasteiger partial charge on any atom is 0.278 e. The lowest BCUT2D eigenvalue weighted by molar-refractivity contribution is 0.102. The van der Waals surface area contributed by atoms with Gasteiger partial charge in [0.15, 0.2) is 17.2 Å². The van der Waals surface area contributed by atoms with Crippen LogP contribution < -0.4 is 11.1 Å². The fourth-order valence-corrected chi connectivity index (χ4v) is 3.75. The average molecular weight is 382 g/mol. The second-order valence-corrected chi connectivity index (χ2v) is 7.59. The number of H-pyrrole nitrogens is 1. The number of hydrogen-bond donors (Lipinski definition) is 3. The van der Waals surface area contributed by atoms with Crippen LogP contribution in [0.4, 0.5) is 11.6 Å². The number of fused-ring (bicyclic) bond motifs is 1. The van der Waals surface area contributed by atoms with Crippen molar-refractivity contribution in [1.82, 2.24) is 29.9 Å². The minimum absolute atomic E-state index is 0.161. The molecular weight excluding hydrogens is 364 g/mol. The number of anilines is 2. The Balaban J connectivity index is 1.85. The predicted molar refractivity (Wildman–Crippen MR) is 104 cm³/mol. The van der Waals surface area contributed by atoms with Crippen LogP contribution in [0.25, 0.3) is 11.0 Å². The van der Waals surface area contributed by atoms with Gasteiger partial charge in [-0.2, -0.15) is 10.2 Å². The summed E-state index contributed by atoms with van der Waals surface area (Å²) in [5.74, 6) is 0.193. The van der Waals surface area contributed by atoms with E-state index >= 15 is 0 Å². The molecular formula is C17H18N8OS. The third kappa shape index (κ3) is 2.83. The Hall–Kier alpha value is -3.27. The van der Waals surface area contributed by atoms with Crippen LogP contribution in [0.2, 0.25) is 0 Å². The molecule has 0 saturated carbocycles. The van der Waals surface area contributed by atoms with Gasteiger partial charge in [-0.3, -0.25) is 9.89 Å². The van der Waals surface area contributed by atoms with Gasteiger partial charge in [-0.15, -0.1) is 11.3 Å². The Morgan fingerprint density at radius 1 is 1.37 bits per heavy atom. The molecule has 0 fully saturated rings. The number of thiophene rings is 1. The van der Waals surface area contributed by atoms with E-state index in [0.29, 0.717) is 16.9 Å². The van der Waals surface area contributed by atoms with Gasteiger partial charge in [-0.05, 0) is 32.2 Å². The first kappa shape index (κ1) is 17.2. The van der Waals surface area contributed by atoms with Crippen LogP contribution in [0.5, 0.6) is 0 Å². The first-order valence-corrected chi connectivity index (χ1v) is 9.13. The van der Waals surface area contributed by atoms with Gasteiger partial charge in [0.2, 0.25) is 0 Å². The summed E-state index contributed by atoms with van der Waals surface area (Å²) < 4.78 is 1.72. The number of nitrogens with one attached hydrogen (secondary N) is 2. The van der Waals surface area contributed by atoms with Gasteiger partial charge in [0, 0.05) is 16.6 Å². The molecule has 4 aromatic heterocycles. The summed E-state index contributed by atoms with van der Waals surface area (Å²) in [6, 6.07) is 5.73. The zero-order valence-electron chi connectivity index (χ0n) is 15.0. The van der Waals surface area contributed by atoms with Crippen LogP contribution in [0.15, 0.2) is 29.9 Å². The number of hydrogen-bond acceptors (Lipinski definition) is 7. The number of aromatic amines is 1. The van der Waals surface area contributed by atoms with Crippen LogP contribution in [0.3, 0.4) is 0 Å². The fraction of sp³-hybridized carbons (Fsp3) is 0.235. The predicted octanol–water partition coefficient (Wildman–Crippen LogP) is 2.54. The minimum Gasteiger partial charge on any atom is -0.383 e. The van der Waals surface area contributed by atoms with Crippen molar-refractivity contribution in [2.45, 2.75) is 26.3 Å². The number of aryl methyl sites for hydroxylation is 1. The molecule has 27 heavy (non-hydrogen) atoms. The summed E-state index contributed by atoms with van der Waals surface area (Å²) in [6.45, 7) is 5.88. The van der Waals surface area contributed by atoms with Crippen molar-refractivity contribution in [2.24, 2.45) is 0 Å². The Morgan fingerprint density at radius 3 is 2.85 bits per heavy atom. The molecule has 138 valence electrons. The second-order valence-electron chi connectivity index (χ2n) is 6.64. The van der Waals surface area contributed by atoms with Crippen LogP contribution in [-0.4, -0.2) is 35.9 Å². The molecule has 4 N–H and O–H groups in total. The van der Waals surface area contributed by atoms with Gasteiger partial charge in [0.05, 0.1) is 10.9 Å². The molecule has 0 aromatic carbocycles. The summed E-state index contributed by atoms with van der Waals surface area (Å²) in [5.41, 5.74) is 7.04. The Kier molecular flexibility index (Phi) is 3.92. The molecule has 0 unspecified atom stereocenters. The molecule has 0 saturated heterocycles. The minimum atomic E-state index is -0.519. The molecule has 0 bridgehead atoms. The fourth-order valence-electron chi connectivity index (χ4n) is 2.91. The molecule has 0 radical (unpaired) electrons. The summed E-state index contributed by atoms with van der Waals surface area (Å²) in [7, 11) is 0. The number of nitrogens with two attached hydrogens (primary N) is 1. The Morgan fingerprint density at radius 2 is 2.19 bits per heavy atom. The standard InChI is InChI=1S/C17H18N8OS/c1-9-7-11(23-22-9)21-16(26)13-12-14(18)19-8-20-15(12)25(24-13)17(2,3)10-5-4-6-27-10/h4-8H,1-3H3,(H2,18,19,20)(H2,21,22,23,26). The molecule has 0 spiro atoms. The van der Waals surface area contributed by atoms with E-state index in [1.54, 1.807) is 22.1 Å². The van der Waals surface area contributed by atoms with Crippen LogP contribution in [-0.2, 0) is 5.54 Å². The Labute approximate surface area is 158 Å². The van der Waals surface area contributed by atoms with Gasteiger partial charge >= 0.3 is 0 Å². The third-order valence-electron chi connectivity index (χ3n) is 4.31. The summed E-state index contributed by atoms with van der Waals surface area (Å²) >= 11 is 1.61. The number of amides is 1. The van der Waals surface area contributed by atoms with E-state index < -0.39 is 11.4 Å². The van der Waals surface area contributed by atoms with Gasteiger partial charge in [-0.1, -0.05) is 6.07 Å². The lowest BCUT2D eigenvalue weighted by Crippen LogP contribution is -2.28. The van der Waals surface area contributed by atoms with E-state index in [9.17, 15) is 4.79 Å². The molecule has 10 heteroatoms. The highest BCUT2D eigenvalue weighted by atomic mass is 32.1. The number of carbonyl (C=O) groups excluding carboxylic acids is 1. The maximum absolute atomic E-state index is 12.9. The van der Waals surface area contributed by atoms with Crippen molar-refractivity contribution in [2.75, 3.05) is 11.1 Å². The molecule has 1 amide bonds. The highest BCUT2D eigenvalue weighted by Crippen LogP contribution is 2.33. The molecule has 4 rings (SSSR count). The summed E-state index contributed by atoms with van der Waals surface area (Å²) in [4.78, 5) is 22.3. The second kappa shape index (κ2) is 6.16. The SMILES string of the molecule is Cc1cc(NC(=O)c2nn(C(C)(C)c3cccs3)c3ncnc(N)c23)n[nH]1. The molecule has 4 heterocycles. The number of nitrogen functional groups attached to an aromatic ring is 1. The first-order chi connectivity index (χ1) is 12.9. The van der Waals surface area contributed by atoms with E-state index in [0.717, 1.165) is 10.6 Å². The quantitative estimate of drug-likeness (QED) is 0.498. The largest absolute Gasteiger partial charge is 0.383 e. The van der Waals surface area contributed by atoms with Crippen molar-refractivity contribution in [3.8, 4) is 0 Å². The van der Waals surface area contributed by atoms with Crippen molar-refractivity contribution in [1.29, 1.82) is 0 Å². The van der Waals surface area contributed by atoms with Crippen LogP contribution in [0.1, 0.15) is 34.9 Å². The third-order valence-corrected chi connectivity index (χ3v) is 5.49. The van der Waals surface area contributed by atoms with Gasteiger partial charge in [0.25, 0.3) is 5.91 Å². The summed E-state index contributed by atoms with van der Waals surface area (Å²) in [5, 5.41) is 16.5. The van der Waals surface area contributed by atoms with Crippen molar-refractivity contribution >= 4 is 39.9 Å². The highest BCUT2D eigenvalue weighted by Gasteiger charge is 2.31. The zero-order valence-corrected chi connectivity index (χ0v) is 15.8. The van der Waals surface area contributed by atoms with Gasteiger partial charge in [0.1, 0.15) is 12.1 Å². The number of nitrogens with zero attached hydrogens (tertiary/aromatic N) is 5. The lowest BCUT2D eigenvalue weighted by Gasteiger charge is -2.24. The monoisotopic (exact) mass is 382 g/mol. The summed E-state index contributed by atoms with van der Waals surface area (Å²) in [6.07, 6.45) is 1.37. The lowest BCUT2D eigenvalue weighted by atomic mass is 10.0. The van der Waals surface area contributed by atoms with Crippen molar-refractivity contribution in [3.63, 3.8) is 0 Å². The van der Waals surface area contributed by atoms with E-state index in [1.807, 2.05) is 38.3 Å². The normalized spacial score (nSPS) is 11.8. The van der Waals surface area contributed by atoms with Gasteiger partial charge in [-0.25, -0.2) is 14.6 Å². The molecule has 0 aliphatic carbocycles. The van der Waals surface area contributed by atoms with Gasteiger partial charge < -0.3 is 11.1 Å². The average Bonchev–Trinajstić information content (AvgIpc) is 3.34. The smallest absolute Gasteiger partial charge is 0.278 e. The zero-order chi connectivity index (χ0) is 19.2.